The van der Waals surface area contributed by atoms with Gasteiger partial charge in [-0.15, -0.1) is 0 Å². The Morgan fingerprint density at radius 3 is 2.26 bits per heavy atom. The Bertz CT molecular complexity index is 637. The molecule has 0 aliphatic rings. The van der Waals surface area contributed by atoms with Crippen LogP contribution < -0.4 is 4.46 Å². The molecule has 0 atom stereocenters. The number of aromatic carboxylic acids is 1. The van der Waals surface area contributed by atoms with E-state index in [4.69, 9.17) is 16.7 Å². The Morgan fingerprint density at radius 1 is 1.05 bits per heavy atom. The van der Waals surface area contributed by atoms with Crippen molar-refractivity contribution in [2.75, 3.05) is 0 Å². The summed E-state index contributed by atoms with van der Waals surface area (Å²) in [6, 6.07) is 14.2. The van der Waals surface area contributed by atoms with E-state index in [2.05, 4.69) is 10.7 Å². The van der Waals surface area contributed by atoms with E-state index in [1.54, 1.807) is 24.3 Å². The zero-order valence-corrected chi connectivity index (χ0v) is 12.2. The second kappa shape index (κ2) is 6.45. The van der Waals surface area contributed by atoms with Crippen LogP contribution in [0.25, 0.3) is 0 Å². The van der Waals surface area contributed by atoms with Crippen LogP contribution in [0.1, 0.15) is 15.9 Å². The zero-order valence-electron chi connectivity index (χ0n) is 9.76. The third-order valence-electron chi connectivity index (χ3n) is 2.31. The molecule has 2 aromatic rings. The standard InChI is InChI=1S/C15H9ClO2Se/c16-13-5-7-14(8-6-13)19-10-9-11-1-3-12(4-2-11)15(17)18/h1-8H,(H,17,18). The van der Waals surface area contributed by atoms with E-state index in [-0.39, 0.29) is 20.5 Å². The molecule has 4 heteroatoms. The number of rotatable bonds is 2. The van der Waals surface area contributed by atoms with Crippen molar-refractivity contribution in [2.24, 2.45) is 0 Å². The number of carbonyl (C=O) groups is 1. The molecule has 0 spiro atoms. The van der Waals surface area contributed by atoms with Gasteiger partial charge in [-0.1, -0.05) is 0 Å². The van der Waals surface area contributed by atoms with Gasteiger partial charge in [0.25, 0.3) is 0 Å². The summed E-state index contributed by atoms with van der Waals surface area (Å²) in [5, 5.41) is 9.50. The summed E-state index contributed by atoms with van der Waals surface area (Å²) in [6.45, 7) is 0. The summed E-state index contributed by atoms with van der Waals surface area (Å²) in [7, 11) is 0. The molecule has 0 aromatic heterocycles. The van der Waals surface area contributed by atoms with E-state index in [9.17, 15) is 4.79 Å². The summed E-state index contributed by atoms with van der Waals surface area (Å²) in [5.41, 5.74) is 1.09. The number of carboxylic acids is 1. The molecule has 0 saturated carbocycles. The van der Waals surface area contributed by atoms with Crippen molar-refractivity contribution in [3.63, 3.8) is 0 Å². The molecular weight excluding hydrogens is 327 g/mol. The summed E-state index contributed by atoms with van der Waals surface area (Å²) in [4.78, 5) is 13.8. The molecule has 0 fully saturated rings. The number of carboxylic acid groups (broad SMARTS) is 1. The quantitative estimate of drug-likeness (QED) is 0.676. The molecule has 0 unspecified atom stereocenters. The second-order valence-electron chi connectivity index (χ2n) is 3.67. The van der Waals surface area contributed by atoms with Gasteiger partial charge in [-0.3, -0.25) is 0 Å². The van der Waals surface area contributed by atoms with E-state index in [0.29, 0.717) is 0 Å². The molecule has 0 amide bonds. The van der Waals surface area contributed by atoms with Gasteiger partial charge in [0, 0.05) is 0 Å². The van der Waals surface area contributed by atoms with Gasteiger partial charge in [0.1, 0.15) is 0 Å². The Labute approximate surface area is 122 Å². The second-order valence-corrected chi connectivity index (χ2v) is 5.95. The molecule has 0 radical (unpaired) electrons. The van der Waals surface area contributed by atoms with Crippen LogP contribution in [-0.2, 0) is 0 Å². The molecule has 2 rings (SSSR count). The third kappa shape index (κ3) is 4.15. The van der Waals surface area contributed by atoms with E-state index >= 15 is 0 Å². The fraction of sp³-hybridized carbons (Fsp3) is 0. The Morgan fingerprint density at radius 2 is 1.68 bits per heavy atom. The molecule has 2 nitrogen and oxygen atoms in total. The monoisotopic (exact) mass is 336 g/mol. The van der Waals surface area contributed by atoms with Crippen molar-refractivity contribution in [3.8, 4) is 10.7 Å². The van der Waals surface area contributed by atoms with Gasteiger partial charge < -0.3 is 0 Å². The van der Waals surface area contributed by atoms with Crippen molar-refractivity contribution in [1.82, 2.24) is 0 Å². The van der Waals surface area contributed by atoms with Gasteiger partial charge in [0.2, 0.25) is 0 Å². The normalized spacial score (nSPS) is 9.53. The van der Waals surface area contributed by atoms with Gasteiger partial charge in [0.15, 0.2) is 0 Å². The van der Waals surface area contributed by atoms with E-state index in [1.807, 2.05) is 24.3 Å². The first-order valence-electron chi connectivity index (χ1n) is 5.42. The molecule has 1 N–H and O–H groups in total. The summed E-state index contributed by atoms with van der Waals surface area (Å²) < 4.78 is 1.16. The van der Waals surface area contributed by atoms with Gasteiger partial charge in [-0.25, -0.2) is 0 Å². The predicted octanol–water partition coefficient (Wildman–Crippen LogP) is 2.38. The minimum atomic E-state index is -0.926. The van der Waals surface area contributed by atoms with Crippen LogP contribution in [0.2, 0.25) is 5.02 Å². The number of hydrogen-bond acceptors (Lipinski definition) is 1. The topological polar surface area (TPSA) is 37.3 Å². The molecule has 0 aliphatic heterocycles. The minimum absolute atomic E-state index is 0.0655. The first kappa shape index (κ1) is 13.7. The first-order valence-corrected chi connectivity index (χ1v) is 7.51. The molecule has 2 aromatic carbocycles. The molecule has 19 heavy (non-hydrogen) atoms. The van der Waals surface area contributed by atoms with Crippen molar-refractivity contribution in [1.29, 1.82) is 0 Å². The fourth-order valence-corrected chi connectivity index (χ4v) is 2.64. The SMILES string of the molecule is O=C(O)c1ccc(C#C[Se]c2ccc(Cl)cc2)cc1. The summed E-state index contributed by atoms with van der Waals surface area (Å²) >= 11 is 5.87. The molecule has 94 valence electrons. The summed E-state index contributed by atoms with van der Waals surface area (Å²) in [5.74, 6) is 2.10. The number of benzene rings is 2. The van der Waals surface area contributed by atoms with Crippen LogP contribution in [0.15, 0.2) is 48.5 Å². The van der Waals surface area contributed by atoms with Crippen LogP contribution in [0.4, 0.5) is 0 Å². The van der Waals surface area contributed by atoms with Crippen molar-refractivity contribution >= 4 is 37.0 Å². The van der Waals surface area contributed by atoms with Gasteiger partial charge in [-0.05, 0) is 0 Å². The van der Waals surface area contributed by atoms with E-state index < -0.39 is 5.97 Å². The van der Waals surface area contributed by atoms with E-state index in [0.717, 1.165) is 15.0 Å². The van der Waals surface area contributed by atoms with Crippen LogP contribution in [0.3, 0.4) is 0 Å². The molecule has 0 bridgehead atoms. The van der Waals surface area contributed by atoms with Crippen LogP contribution in [0, 0.1) is 10.7 Å². The first-order chi connectivity index (χ1) is 9.15. The molecule has 0 saturated heterocycles. The molecular formula is C15H9ClO2Se. The van der Waals surface area contributed by atoms with Crippen molar-refractivity contribution < 1.29 is 9.90 Å². The van der Waals surface area contributed by atoms with Crippen LogP contribution in [-0.4, -0.2) is 26.0 Å². The Kier molecular flexibility index (Phi) is 4.65. The number of halogens is 1. The molecule has 0 aliphatic carbocycles. The van der Waals surface area contributed by atoms with Crippen molar-refractivity contribution in [2.45, 2.75) is 0 Å². The molecule has 0 heterocycles. The average molecular weight is 336 g/mol. The average Bonchev–Trinajstić information content (AvgIpc) is 2.41. The van der Waals surface area contributed by atoms with Gasteiger partial charge in [0.05, 0.1) is 0 Å². The van der Waals surface area contributed by atoms with E-state index in [1.165, 1.54) is 0 Å². The zero-order chi connectivity index (χ0) is 13.7. The fourth-order valence-electron chi connectivity index (χ4n) is 1.34. The Balaban J connectivity index is 2.03. The van der Waals surface area contributed by atoms with Gasteiger partial charge >= 0.3 is 122 Å². The van der Waals surface area contributed by atoms with Crippen molar-refractivity contribution in [3.05, 3.63) is 64.7 Å². The Hall–Kier alpha value is -1.72. The van der Waals surface area contributed by atoms with Crippen LogP contribution >= 0.6 is 11.6 Å². The third-order valence-corrected chi connectivity index (χ3v) is 4.06. The number of hydrogen-bond donors (Lipinski definition) is 1. The predicted molar refractivity (Wildman–Crippen MR) is 77.1 cm³/mol. The summed E-state index contributed by atoms with van der Waals surface area (Å²) in [6.07, 6.45) is 0. The van der Waals surface area contributed by atoms with Crippen LogP contribution in [0.5, 0.6) is 0 Å². The van der Waals surface area contributed by atoms with Gasteiger partial charge in [-0.2, -0.15) is 0 Å². The maximum absolute atomic E-state index is 10.7. The maximum atomic E-state index is 10.7.